The van der Waals surface area contributed by atoms with Crippen LogP contribution in [0.2, 0.25) is 0 Å². The van der Waals surface area contributed by atoms with Crippen molar-refractivity contribution in [2.24, 2.45) is 0 Å². The number of rotatable bonds is 8. The van der Waals surface area contributed by atoms with Crippen molar-refractivity contribution >= 4 is 5.91 Å². The number of carbonyl (C=O) groups is 1. The van der Waals surface area contributed by atoms with Crippen molar-refractivity contribution < 1.29 is 4.79 Å². The number of pyridine rings is 1. The average Bonchev–Trinajstić information content (AvgIpc) is 2.37. The van der Waals surface area contributed by atoms with Crippen LogP contribution >= 0.6 is 0 Å². The third-order valence-corrected chi connectivity index (χ3v) is 2.49. The molecule has 1 aromatic heterocycles. The Morgan fingerprint density at radius 3 is 2.76 bits per heavy atom. The van der Waals surface area contributed by atoms with Crippen molar-refractivity contribution in [2.45, 2.75) is 26.2 Å². The normalized spacial score (nSPS) is 10.2. The van der Waals surface area contributed by atoms with E-state index in [0.717, 1.165) is 38.0 Å². The van der Waals surface area contributed by atoms with Crippen molar-refractivity contribution in [1.82, 2.24) is 15.6 Å². The second-order valence-electron chi connectivity index (χ2n) is 3.91. The topological polar surface area (TPSA) is 54.0 Å². The zero-order valence-electron chi connectivity index (χ0n) is 10.4. The Hall–Kier alpha value is -1.42. The van der Waals surface area contributed by atoms with E-state index in [1.165, 1.54) is 0 Å². The van der Waals surface area contributed by atoms with Crippen LogP contribution in [-0.2, 0) is 11.2 Å². The third-order valence-electron chi connectivity index (χ3n) is 2.49. The summed E-state index contributed by atoms with van der Waals surface area (Å²) in [7, 11) is 0. The summed E-state index contributed by atoms with van der Waals surface area (Å²) < 4.78 is 0. The van der Waals surface area contributed by atoms with Crippen LogP contribution in [0.25, 0.3) is 0 Å². The molecule has 0 radical (unpaired) electrons. The predicted molar refractivity (Wildman–Crippen MR) is 68.7 cm³/mol. The van der Waals surface area contributed by atoms with E-state index in [1.54, 1.807) is 12.4 Å². The molecule has 0 bridgehead atoms. The Bertz CT molecular complexity index is 314. The van der Waals surface area contributed by atoms with Gasteiger partial charge in [0.05, 0.1) is 0 Å². The van der Waals surface area contributed by atoms with Gasteiger partial charge >= 0.3 is 0 Å². The maximum Gasteiger partial charge on any atom is 0.220 e. The Morgan fingerprint density at radius 1 is 1.29 bits per heavy atom. The molecule has 0 saturated carbocycles. The Labute approximate surface area is 103 Å². The number of aromatic nitrogens is 1. The van der Waals surface area contributed by atoms with E-state index in [-0.39, 0.29) is 5.91 Å². The molecule has 0 atom stereocenters. The Morgan fingerprint density at radius 2 is 2.06 bits per heavy atom. The van der Waals surface area contributed by atoms with E-state index < -0.39 is 0 Å². The fraction of sp³-hybridized carbons (Fsp3) is 0.538. The molecule has 0 spiro atoms. The third kappa shape index (κ3) is 6.68. The lowest BCUT2D eigenvalue weighted by Gasteiger charge is -2.05. The van der Waals surface area contributed by atoms with E-state index in [9.17, 15) is 4.79 Å². The number of carbonyl (C=O) groups excluding carboxylic acids is 1. The molecule has 2 N–H and O–H groups in total. The van der Waals surface area contributed by atoms with Crippen molar-refractivity contribution in [3.05, 3.63) is 30.1 Å². The summed E-state index contributed by atoms with van der Waals surface area (Å²) in [6.45, 7) is 4.77. The van der Waals surface area contributed by atoms with Gasteiger partial charge in [0.2, 0.25) is 5.91 Å². The molecule has 17 heavy (non-hydrogen) atoms. The molecule has 0 saturated heterocycles. The van der Waals surface area contributed by atoms with Crippen molar-refractivity contribution in [3.8, 4) is 0 Å². The molecule has 4 heteroatoms. The minimum atomic E-state index is 0.123. The summed E-state index contributed by atoms with van der Waals surface area (Å²) in [6, 6.07) is 3.89. The van der Waals surface area contributed by atoms with E-state index in [2.05, 4.69) is 22.5 Å². The van der Waals surface area contributed by atoms with Crippen LogP contribution in [0.3, 0.4) is 0 Å². The summed E-state index contributed by atoms with van der Waals surface area (Å²) in [5.41, 5.74) is 1.16. The number of aryl methyl sites for hydroxylation is 1. The van der Waals surface area contributed by atoms with Gasteiger partial charge in [-0.15, -0.1) is 0 Å². The SMILES string of the molecule is CCNCCCNC(=O)CCc1ccncc1. The van der Waals surface area contributed by atoms with Gasteiger partial charge in [-0.1, -0.05) is 6.92 Å². The maximum absolute atomic E-state index is 11.5. The summed E-state index contributed by atoms with van der Waals surface area (Å²) in [5, 5.41) is 6.14. The average molecular weight is 235 g/mol. The number of nitrogens with one attached hydrogen (secondary N) is 2. The summed E-state index contributed by atoms with van der Waals surface area (Å²) >= 11 is 0. The molecule has 94 valence electrons. The number of hydrogen-bond donors (Lipinski definition) is 2. The highest BCUT2D eigenvalue weighted by atomic mass is 16.1. The van der Waals surface area contributed by atoms with Crippen molar-refractivity contribution in [2.75, 3.05) is 19.6 Å². The highest BCUT2D eigenvalue weighted by Crippen LogP contribution is 2.00. The van der Waals surface area contributed by atoms with Crippen LogP contribution < -0.4 is 10.6 Å². The van der Waals surface area contributed by atoms with E-state index in [4.69, 9.17) is 0 Å². The molecule has 0 aliphatic carbocycles. The fourth-order valence-corrected chi connectivity index (χ4v) is 1.51. The predicted octanol–water partition coefficient (Wildman–Crippen LogP) is 1.13. The monoisotopic (exact) mass is 235 g/mol. The molecule has 0 aliphatic rings. The minimum absolute atomic E-state index is 0.123. The molecule has 0 aliphatic heterocycles. The molecule has 1 heterocycles. The largest absolute Gasteiger partial charge is 0.356 e. The Balaban J connectivity index is 2.05. The lowest BCUT2D eigenvalue weighted by molar-refractivity contribution is -0.121. The van der Waals surface area contributed by atoms with Gasteiger partial charge in [-0.05, 0) is 43.6 Å². The number of amides is 1. The van der Waals surface area contributed by atoms with Crippen LogP contribution in [-0.4, -0.2) is 30.5 Å². The van der Waals surface area contributed by atoms with Crippen LogP contribution in [0.5, 0.6) is 0 Å². The first-order valence-electron chi connectivity index (χ1n) is 6.19. The van der Waals surface area contributed by atoms with E-state index in [1.807, 2.05) is 12.1 Å². The van der Waals surface area contributed by atoms with Gasteiger partial charge in [-0.25, -0.2) is 0 Å². The van der Waals surface area contributed by atoms with Crippen LogP contribution in [0.15, 0.2) is 24.5 Å². The van der Waals surface area contributed by atoms with Crippen LogP contribution in [0.4, 0.5) is 0 Å². The maximum atomic E-state index is 11.5. The molecule has 1 amide bonds. The summed E-state index contributed by atoms with van der Waals surface area (Å²) in [6.07, 6.45) is 5.81. The first-order valence-corrected chi connectivity index (χ1v) is 6.19. The first kappa shape index (κ1) is 13.6. The lowest BCUT2D eigenvalue weighted by Crippen LogP contribution is -2.27. The standard InChI is InChI=1S/C13H21N3O/c1-2-14-8-3-9-16-13(17)5-4-12-6-10-15-11-7-12/h6-7,10-11,14H,2-5,8-9H2,1H3,(H,16,17). The van der Waals surface area contributed by atoms with Gasteiger partial charge in [-0.2, -0.15) is 0 Å². The highest BCUT2D eigenvalue weighted by molar-refractivity contribution is 5.76. The Kier molecular flexibility index (Phi) is 6.98. The van der Waals surface area contributed by atoms with Crippen LogP contribution in [0, 0.1) is 0 Å². The molecular formula is C13H21N3O. The molecule has 4 nitrogen and oxygen atoms in total. The first-order chi connectivity index (χ1) is 8.33. The zero-order valence-corrected chi connectivity index (χ0v) is 10.4. The van der Waals surface area contributed by atoms with Gasteiger partial charge in [0, 0.05) is 25.4 Å². The quantitative estimate of drug-likeness (QED) is 0.664. The van der Waals surface area contributed by atoms with Gasteiger partial charge in [0.25, 0.3) is 0 Å². The smallest absolute Gasteiger partial charge is 0.220 e. The van der Waals surface area contributed by atoms with Crippen molar-refractivity contribution in [3.63, 3.8) is 0 Å². The fourth-order valence-electron chi connectivity index (χ4n) is 1.51. The molecule has 1 aromatic rings. The lowest BCUT2D eigenvalue weighted by atomic mass is 10.1. The second-order valence-corrected chi connectivity index (χ2v) is 3.91. The number of nitrogens with zero attached hydrogens (tertiary/aromatic N) is 1. The summed E-state index contributed by atoms with van der Waals surface area (Å²) in [4.78, 5) is 15.4. The highest BCUT2D eigenvalue weighted by Gasteiger charge is 2.01. The van der Waals surface area contributed by atoms with Gasteiger partial charge < -0.3 is 10.6 Å². The number of hydrogen-bond acceptors (Lipinski definition) is 3. The van der Waals surface area contributed by atoms with Gasteiger partial charge in [-0.3, -0.25) is 9.78 Å². The molecule has 0 fully saturated rings. The second kappa shape index (κ2) is 8.70. The molecule has 1 rings (SSSR count). The summed E-state index contributed by atoms with van der Waals surface area (Å²) in [5.74, 6) is 0.123. The molecule has 0 unspecified atom stereocenters. The van der Waals surface area contributed by atoms with Gasteiger partial charge in [0.15, 0.2) is 0 Å². The zero-order chi connectivity index (χ0) is 12.3. The molecular weight excluding hydrogens is 214 g/mol. The van der Waals surface area contributed by atoms with Gasteiger partial charge in [0.1, 0.15) is 0 Å². The van der Waals surface area contributed by atoms with Crippen molar-refractivity contribution in [1.29, 1.82) is 0 Å². The van der Waals surface area contributed by atoms with Crippen LogP contribution in [0.1, 0.15) is 25.3 Å². The molecule has 0 aromatic carbocycles. The van der Waals surface area contributed by atoms with E-state index >= 15 is 0 Å². The minimum Gasteiger partial charge on any atom is -0.356 e. The van der Waals surface area contributed by atoms with E-state index in [0.29, 0.717) is 6.42 Å².